The van der Waals surface area contributed by atoms with Gasteiger partial charge >= 0.3 is 35.8 Å². The lowest BCUT2D eigenvalue weighted by molar-refractivity contribution is -0.181. The number of ether oxygens (including phenoxy) is 4. The van der Waals surface area contributed by atoms with Crippen LogP contribution in [0.2, 0.25) is 0 Å². The van der Waals surface area contributed by atoms with Crippen molar-refractivity contribution in [3.63, 3.8) is 0 Å². The number of carbonyl (C=O) groups is 12. The lowest BCUT2D eigenvalue weighted by Gasteiger charge is -2.59. The fraction of sp³-hybridized carbons (Fsp3) is 0.483. The number of esters is 4. The SMILES string of the molecule is CC(C)(C)OC(=O)c1cc(N=Nc2ccccc2CC(=O)O)ccc1O.CC(C)(C)OC(=O)c1cc(N=Nc2ccccc2CC(=O)OCC(=O)C2(O)CCC3C4CCC5=CC(=O)C=CC5(C)C4C(O)CC32C)ccc1O.CC12C=CC(=O)C=C1CCC1C2C(O)CC2(C)C1CCC2(O)C(=O)CO.CC12C=CC(=O)C=C1CCC1C2C(O)CC2(C)C1CCC2(O)C(=O)COC(=O)Cc1ccccc1N=Nc1ccc(O)c(C(=O)O)c1. The van der Waals surface area contributed by atoms with Crippen LogP contribution < -0.4 is 0 Å². The summed E-state index contributed by atoms with van der Waals surface area (Å²) in [5, 5.41) is 152. The molecule has 12 N–H and O–H groups in total. The van der Waals surface area contributed by atoms with Gasteiger partial charge in [0.05, 0.1) is 71.7 Å². The van der Waals surface area contributed by atoms with Crippen molar-refractivity contribution in [1.29, 1.82) is 0 Å². The van der Waals surface area contributed by atoms with Gasteiger partial charge in [0, 0.05) is 50.2 Å². The van der Waals surface area contributed by atoms with Gasteiger partial charge in [0.2, 0.25) is 11.6 Å². The number of Topliss-reactive ketones (excluding diaryl/α,β-unsaturated/α-hetero) is 3. The molecule has 0 saturated heterocycles. The van der Waals surface area contributed by atoms with Gasteiger partial charge in [-0.3, -0.25) is 43.2 Å². The van der Waals surface area contributed by atoms with Crippen LogP contribution in [0.1, 0.15) is 227 Å². The molecule has 794 valence electrons. The molecule has 6 aromatic rings. The first kappa shape index (κ1) is 111. The molecule has 0 radical (unpaired) electrons. The van der Waals surface area contributed by atoms with Crippen LogP contribution in [0.15, 0.2) is 229 Å². The fourth-order valence-electron chi connectivity index (χ4n) is 27.1. The Morgan fingerprint density at radius 2 is 0.680 bits per heavy atom. The minimum absolute atomic E-state index is 0.00912. The van der Waals surface area contributed by atoms with Crippen LogP contribution in [0.5, 0.6) is 17.2 Å². The molecule has 18 rings (SSSR count). The van der Waals surface area contributed by atoms with Crippen molar-refractivity contribution in [3.05, 3.63) is 232 Å². The number of rotatable bonds is 23. The number of aliphatic carboxylic acids is 1. The minimum atomic E-state index is -1.77. The second-order valence-electron chi connectivity index (χ2n) is 45.4. The number of carbonyl (C=O) groups excluding carboxylic acids is 10. The third kappa shape index (κ3) is 21.7. The molecule has 9 saturated carbocycles. The van der Waals surface area contributed by atoms with Crippen molar-refractivity contribution in [3.8, 4) is 17.2 Å². The van der Waals surface area contributed by atoms with E-state index >= 15 is 0 Å². The van der Waals surface area contributed by atoms with Crippen LogP contribution in [0, 0.1) is 85.8 Å². The molecular weight excluding hydrogens is 1930 g/mol. The first-order chi connectivity index (χ1) is 70.5. The van der Waals surface area contributed by atoms with Gasteiger partial charge in [0.25, 0.3) is 0 Å². The number of carboxylic acid groups (broad SMARTS) is 2. The summed E-state index contributed by atoms with van der Waals surface area (Å²) >= 11 is 0. The number of aliphatic hydroxyl groups is 7. The number of fused-ring (bicyclic) bond motifs is 15. The molecule has 0 heterocycles. The molecule has 12 aliphatic carbocycles. The minimum Gasteiger partial charge on any atom is -0.507 e. The Labute approximate surface area is 868 Å². The average Bonchev–Trinajstić information content (AvgIpc) is 1.53. The number of hydrogen-bond acceptors (Lipinski definition) is 32. The Bertz CT molecular complexity index is 6690. The first-order valence-corrected chi connectivity index (χ1v) is 51.0. The number of azo groups is 3. The highest BCUT2D eigenvalue weighted by molar-refractivity contribution is 6.03. The summed E-state index contributed by atoms with van der Waals surface area (Å²) in [4.78, 5) is 149. The number of nitrogens with zero attached hydrogens (tertiary/aromatic N) is 6. The van der Waals surface area contributed by atoms with Gasteiger partial charge in [-0.15, -0.1) is 0 Å². The van der Waals surface area contributed by atoms with Gasteiger partial charge < -0.3 is 80.2 Å². The molecule has 0 aliphatic heterocycles. The smallest absolute Gasteiger partial charge is 0.342 e. The topological polar surface area (TPSA) is 559 Å². The Kier molecular flexibility index (Phi) is 31.5. The molecule has 0 amide bonds. The van der Waals surface area contributed by atoms with Crippen molar-refractivity contribution < 1.29 is 138 Å². The Morgan fingerprint density at radius 1 is 0.387 bits per heavy atom. The van der Waals surface area contributed by atoms with E-state index < -0.39 is 152 Å². The number of ketones is 6. The molecule has 12 aliphatic rings. The number of hydrogen-bond donors (Lipinski definition) is 12. The van der Waals surface area contributed by atoms with E-state index in [2.05, 4.69) is 51.5 Å². The molecule has 21 unspecified atom stereocenters. The maximum absolute atomic E-state index is 13.7. The zero-order valence-electron chi connectivity index (χ0n) is 86.2. The third-order valence-corrected chi connectivity index (χ3v) is 34.4. The fourth-order valence-corrected chi connectivity index (χ4v) is 27.1. The summed E-state index contributed by atoms with van der Waals surface area (Å²) in [6.45, 7) is 20.3. The molecule has 34 heteroatoms. The molecule has 0 spiro atoms. The summed E-state index contributed by atoms with van der Waals surface area (Å²) in [5.41, 5.74) is -4.27. The van der Waals surface area contributed by atoms with Crippen molar-refractivity contribution >= 4 is 105 Å². The van der Waals surface area contributed by atoms with Gasteiger partial charge in [-0.2, -0.15) is 30.7 Å². The second-order valence-corrected chi connectivity index (χ2v) is 45.4. The summed E-state index contributed by atoms with van der Waals surface area (Å²) in [6.07, 6.45) is 20.9. The Morgan fingerprint density at radius 3 is 0.980 bits per heavy atom. The summed E-state index contributed by atoms with van der Waals surface area (Å²) in [6, 6.07) is 32.3. The van der Waals surface area contributed by atoms with Crippen LogP contribution in [-0.2, 0) is 81.4 Å². The lowest BCUT2D eigenvalue weighted by Crippen LogP contribution is -2.61. The molecule has 34 nitrogen and oxygen atoms in total. The number of aromatic hydroxyl groups is 3. The van der Waals surface area contributed by atoms with E-state index in [0.29, 0.717) is 65.1 Å². The van der Waals surface area contributed by atoms with Crippen molar-refractivity contribution in [2.24, 2.45) is 116 Å². The maximum Gasteiger partial charge on any atom is 0.342 e. The second kappa shape index (κ2) is 42.7. The first-order valence-electron chi connectivity index (χ1n) is 51.0. The van der Waals surface area contributed by atoms with Crippen LogP contribution in [-0.4, -0.2) is 198 Å². The van der Waals surface area contributed by atoms with Gasteiger partial charge in [0.15, 0.2) is 36.3 Å². The summed E-state index contributed by atoms with van der Waals surface area (Å²) < 4.78 is 21.4. The number of benzene rings is 6. The molecular formula is C116H132N6O28. The predicted molar refractivity (Wildman–Crippen MR) is 545 cm³/mol. The Hall–Kier alpha value is -13.5. The van der Waals surface area contributed by atoms with Gasteiger partial charge in [0.1, 0.15) is 68.6 Å². The lowest BCUT2D eigenvalue weighted by atomic mass is 9.46. The standard InChI is InChI=1S/C40H46N2O9.C36H38N2O9.C21H28O5.C19H20N2O5/c1-37(2,3)51-36(48)28-20-25(11-13-31(28)44)41-42-30-9-7-6-8-23(30)18-34(47)50-22-33(46)40(49)17-15-29-27-12-10-24-19-26(43)14-16-38(24,4)35(27)32(45)21-39(29,40)5;1-34-13-11-23(39)16-21(34)7-9-24-26-12-14-36(46,35(26,2)18-29(41)32(24)34)30(42)19-47-31(43)15-20-5-3-4-6-27(20)38-37-22-8-10-28(40)25(17-22)33(44)45;1-19-7-5-13(23)9-12(19)3-4-14-15-6-8-21(26,17(25)11-22)20(15,2)10-16(24)18(14)19;1-19(2,3)26-18(25)14-11-13(8-9-16(14)22)20-21-15-7-5-4-6-12(15)10-17(23)24/h6-9,11,13-14,16,19-20,27,29,32,35,44-45,49H,10,12,15,17-18,21-22H2,1-5H3;3-6,8,10-11,13,16-17,24,26,29,32,40-41,46H,7,9,12,14-15,18-19H2,1-2H3,(H,44,45);5,7,9,14-16,18,22,24,26H,3-4,6,8,10-11H2,1-2H3;4-9,11,22H,10H2,1-3H3,(H,23,24). The maximum atomic E-state index is 13.7. The van der Waals surface area contributed by atoms with E-state index in [0.717, 1.165) is 61.7 Å². The van der Waals surface area contributed by atoms with Crippen LogP contribution in [0.4, 0.5) is 34.1 Å². The quantitative estimate of drug-likeness (QED) is 0.0161. The number of aliphatic hydroxyl groups excluding tert-OH is 4. The van der Waals surface area contributed by atoms with Gasteiger partial charge in [-0.05, 0) is 299 Å². The zero-order chi connectivity index (χ0) is 109. The van der Waals surface area contributed by atoms with Crippen LogP contribution in [0.3, 0.4) is 0 Å². The van der Waals surface area contributed by atoms with E-state index in [4.69, 9.17) is 24.1 Å². The summed E-state index contributed by atoms with van der Waals surface area (Å²) in [7, 11) is 0. The third-order valence-electron chi connectivity index (χ3n) is 34.4. The summed E-state index contributed by atoms with van der Waals surface area (Å²) in [5.74, 6) is -7.62. The molecule has 6 aromatic carbocycles. The Balaban J connectivity index is 0.000000156. The number of phenolic OH excluding ortho intramolecular Hbond substituents is 2. The normalized spacial score (nSPS) is 31.5. The van der Waals surface area contributed by atoms with E-state index in [-0.39, 0.29) is 161 Å². The highest BCUT2D eigenvalue weighted by atomic mass is 16.6. The van der Waals surface area contributed by atoms with E-state index in [1.54, 1.807) is 151 Å². The van der Waals surface area contributed by atoms with Crippen molar-refractivity contribution in [1.82, 2.24) is 0 Å². The number of phenols is 3. The monoisotopic (exact) mass is 2060 g/mol. The van der Waals surface area contributed by atoms with Crippen molar-refractivity contribution in [2.75, 3.05) is 19.8 Å². The van der Waals surface area contributed by atoms with E-state index in [1.165, 1.54) is 54.6 Å². The molecule has 0 bridgehead atoms. The number of carboxylic acids is 2. The largest absolute Gasteiger partial charge is 0.507 e. The van der Waals surface area contributed by atoms with Gasteiger partial charge in [-0.25, -0.2) is 14.4 Å². The predicted octanol–water partition coefficient (Wildman–Crippen LogP) is 17.5. The number of allylic oxidation sites excluding steroid dienone is 12. The average molecular weight is 2060 g/mol. The molecule has 9 fully saturated rings. The molecule has 21 atom stereocenters. The number of aromatic carboxylic acids is 1. The van der Waals surface area contributed by atoms with Crippen molar-refractivity contribution in [2.45, 2.75) is 245 Å². The van der Waals surface area contributed by atoms with Crippen LogP contribution in [0.25, 0.3) is 0 Å². The molecule has 0 aromatic heterocycles. The van der Waals surface area contributed by atoms with E-state index in [1.807, 2.05) is 39.0 Å². The van der Waals surface area contributed by atoms with Gasteiger partial charge in [-0.1, -0.05) is 131 Å². The molecule has 150 heavy (non-hydrogen) atoms. The highest BCUT2D eigenvalue weighted by Crippen LogP contribution is 2.71. The van der Waals surface area contributed by atoms with E-state index in [9.17, 15) is 114 Å². The highest BCUT2D eigenvalue weighted by Gasteiger charge is 2.72. The zero-order valence-corrected chi connectivity index (χ0v) is 86.2. The van der Waals surface area contributed by atoms with Crippen LogP contribution >= 0.6 is 0 Å².